The molecule has 1 aliphatic rings. The molecule has 1 saturated carbocycles. The van der Waals surface area contributed by atoms with Gasteiger partial charge in [0.1, 0.15) is 0 Å². The predicted octanol–water partition coefficient (Wildman–Crippen LogP) is 7.30. The van der Waals surface area contributed by atoms with Crippen molar-refractivity contribution in [1.29, 1.82) is 0 Å². The van der Waals surface area contributed by atoms with E-state index < -0.39 is 6.03 Å². The summed E-state index contributed by atoms with van der Waals surface area (Å²) in [4.78, 5) is 23.9. The second kappa shape index (κ2) is 16.3. The van der Waals surface area contributed by atoms with Gasteiger partial charge in [-0.25, -0.2) is 9.59 Å². The molecule has 34 heavy (non-hydrogen) atoms. The fourth-order valence-electron chi connectivity index (χ4n) is 5.96. The average Bonchev–Trinajstić information content (AvgIpc) is 2.74. The number of carbonyl (C=O) groups is 2. The second-order valence-electron chi connectivity index (χ2n) is 12.0. The van der Waals surface area contributed by atoms with Gasteiger partial charge < -0.3 is 21.1 Å². The molecule has 200 valence electrons. The molecular formula is C28H55N3O3. The van der Waals surface area contributed by atoms with Gasteiger partial charge in [-0.15, -0.1) is 0 Å². The van der Waals surface area contributed by atoms with Gasteiger partial charge in [-0.2, -0.15) is 0 Å². The second-order valence-corrected chi connectivity index (χ2v) is 12.0. The number of nitrogens with one attached hydrogen (secondary N) is 2. The number of alkyl carbamates (subject to hydrolysis) is 1. The Bertz CT molecular complexity index is 581. The summed E-state index contributed by atoms with van der Waals surface area (Å²) in [5.41, 5.74) is 5.27. The first-order valence-corrected chi connectivity index (χ1v) is 14.1. The summed E-state index contributed by atoms with van der Waals surface area (Å²) in [6.45, 7) is 12.1. The first kappa shape index (κ1) is 30.6. The number of amides is 3. The van der Waals surface area contributed by atoms with Crippen LogP contribution in [-0.2, 0) is 4.74 Å². The molecule has 0 saturated heterocycles. The molecule has 0 aliphatic heterocycles. The van der Waals surface area contributed by atoms with E-state index in [1.807, 2.05) is 0 Å². The molecule has 4 N–H and O–H groups in total. The zero-order valence-corrected chi connectivity index (χ0v) is 23.0. The molecule has 3 amide bonds. The Morgan fingerprint density at radius 3 is 2.06 bits per heavy atom. The fourth-order valence-corrected chi connectivity index (χ4v) is 5.96. The van der Waals surface area contributed by atoms with Crippen molar-refractivity contribution < 1.29 is 14.3 Å². The van der Waals surface area contributed by atoms with Crippen molar-refractivity contribution in [3.05, 3.63) is 0 Å². The molecule has 0 aromatic carbocycles. The Morgan fingerprint density at radius 1 is 0.912 bits per heavy atom. The number of primary amides is 1. The van der Waals surface area contributed by atoms with E-state index in [4.69, 9.17) is 10.5 Å². The molecule has 1 rings (SSSR count). The van der Waals surface area contributed by atoms with Gasteiger partial charge in [0.2, 0.25) is 0 Å². The molecule has 1 aliphatic carbocycles. The molecule has 0 bridgehead atoms. The van der Waals surface area contributed by atoms with Crippen molar-refractivity contribution in [2.45, 2.75) is 137 Å². The molecule has 3 atom stereocenters. The molecule has 0 aromatic heterocycles. The maximum atomic E-state index is 12.7. The summed E-state index contributed by atoms with van der Waals surface area (Å²) in [5, 5.41) is 5.90. The van der Waals surface area contributed by atoms with Crippen LogP contribution in [0.15, 0.2) is 0 Å². The number of hydrogen-bond acceptors (Lipinski definition) is 3. The van der Waals surface area contributed by atoms with E-state index in [0.29, 0.717) is 19.1 Å². The quantitative estimate of drug-likeness (QED) is 0.190. The van der Waals surface area contributed by atoms with Crippen LogP contribution in [0.3, 0.4) is 0 Å². The molecule has 0 radical (unpaired) electrons. The first-order chi connectivity index (χ1) is 16.1. The van der Waals surface area contributed by atoms with Crippen molar-refractivity contribution in [2.24, 2.45) is 22.5 Å². The van der Waals surface area contributed by atoms with Gasteiger partial charge in [-0.1, -0.05) is 98.8 Å². The molecular weight excluding hydrogens is 426 g/mol. The van der Waals surface area contributed by atoms with E-state index in [1.54, 1.807) is 0 Å². The third-order valence-corrected chi connectivity index (χ3v) is 7.34. The molecule has 1 fully saturated rings. The summed E-state index contributed by atoms with van der Waals surface area (Å²) in [5.74, 6) is 0.460. The number of ether oxygens (including phenoxy) is 1. The Labute approximate surface area is 209 Å². The highest BCUT2D eigenvalue weighted by Gasteiger charge is 2.42. The molecule has 6 heteroatoms. The van der Waals surface area contributed by atoms with Gasteiger partial charge in [-0.05, 0) is 48.9 Å². The lowest BCUT2D eigenvalue weighted by Gasteiger charge is -2.46. The van der Waals surface area contributed by atoms with Gasteiger partial charge >= 0.3 is 12.1 Å². The topological polar surface area (TPSA) is 93.4 Å². The van der Waals surface area contributed by atoms with Crippen LogP contribution < -0.4 is 16.4 Å². The highest BCUT2D eigenvalue weighted by Crippen LogP contribution is 2.45. The van der Waals surface area contributed by atoms with Crippen LogP contribution in [0.1, 0.15) is 131 Å². The Morgan fingerprint density at radius 2 is 1.47 bits per heavy atom. The van der Waals surface area contributed by atoms with Gasteiger partial charge in [0, 0.05) is 12.6 Å². The molecule has 6 nitrogen and oxygen atoms in total. The minimum Gasteiger partial charge on any atom is -0.449 e. The van der Waals surface area contributed by atoms with Crippen molar-refractivity contribution in [1.82, 2.24) is 10.6 Å². The van der Waals surface area contributed by atoms with Gasteiger partial charge in [0.25, 0.3) is 0 Å². The van der Waals surface area contributed by atoms with E-state index in [9.17, 15) is 9.59 Å². The predicted molar refractivity (Wildman–Crippen MR) is 142 cm³/mol. The van der Waals surface area contributed by atoms with Gasteiger partial charge in [0.15, 0.2) is 0 Å². The van der Waals surface area contributed by atoms with Gasteiger partial charge in [-0.3, -0.25) is 0 Å². The van der Waals surface area contributed by atoms with E-state index in [1.165, 1.54) is 64.2 Å². The van der Waals surface area contributed by atoms with Crippen molar-refractivity contribution >= 4 is 12.1 Å². The molecule has 3 unspecified atom stereocenters. The van der Waals surface area contributed by atoms with Gasteiger partial charge in [0.05, 0.1) is 6.61 Å². The maximum Gasteiger partial charge on any atom is 0.407 e. The molecule has 0 heterocycles. The summed E-state index contributed by atoms with van der Waals surface area (Å²) in [6.07, 6.45) is 17.5. The summed E-state index contributed by atoms with van der Waals surface area (Å²) in [7, 11) is 0. The number of nitrogens with two attached hydrogens (primary N) is 1. The monoisotopic (exact) mass is 481 g/mol. The van der Waals surface area contributed by atoms with Crippen LogP contribution in [0.4, 0.5) is 9.59 Å². The summed E-state index contributed by atoms with van der Waals surface area (Å²) in [6, 6.07) is -0.457. The van der Waals surface area contributed by atoms with Crippen molar-refractivity contribution in [2.75, 3.05) is 13.2 Å². The minimum atomic E-state index is -0.496. The molecule has 0 aromatic rings. The standard InChI is InChI=1S/C28H55N3O3/c1-6-8-10-12-13-15-17-23(16-14-11-9-7-2)20-34-26(33)31-24-18-27(3,4)21-28(5,19-24)22-30-25(29)32/h23-24H,6-22H2,1-5H3,(H,31,33)(H3,29,30,32). The average molecular weight is 482 g/mol. The van der Waals surface area contributed by atoms with Crippen LogP contribution in [-0.4, -0.2) is 31.3 Å². The van der Waals surface area contributed by atoms with Crippen LogP contribution in [0.2, 0.25) is 0 Å². The fraction of sp³-hybridized carbons (Fsp3) is 0.929. The summed E-state index contributed by atoms with van der Waals surface area (Å²) < 4.78 is 5.75. The zero-order chi connectivity index (χ0) is 25.5. The number of hydrogen-bond donors (Lipinski definition) is 3. The van der Waals surface area contributed by atoms with E-state index in [0.717, 1.165) is 32.1 Å². The smallest absolute Gasteiger partial charge is 0.407 e. The lowest BCUT2D eigenvalue weighted by atomic mass is 9.62. The third-order valence-electron chi connectivity index (χ3n) is 7.34. The van der Waals surface area contributed by atoms with Crippen molar-refractivity contribution in [3.63, 3.8) is 0 Å². The van der Waals surface area contributed by atoms with Crippen LogP contribution in [0.25, 0.3) is 0 Å². The normalized spacial score (nSPS) is 22.7. The first-order valence-electron chi connectivity index (χ1n) is 14.1. The van der Waals surface area contributed by atoms with E-state index >= 15 is 0 Å². The third kappa shape index (κ3) is 14.1. The minimum absolute atomic E-state index is 0.0393. The maximum absolute atomic E-state index is 12.7. The number of unbranched alkanes of at least 4 members (excludes halogenated alkanes) is 8. The van der Waals surface area contributed by atoms with Crippen molar-refractivity contribution in [3.8, 4) is 0 Å². The van der Waals surface area contributed by atoms with E-state index in [-0.39, 0.29) is 23.0 Å². The Kier molecular flexibility index (Phi) is 14.6. The zero-order valence-electron chi connectivity index (χ0n) is 23.0. The lowest BCUT2D eigenvalue weighted by molar-refractivity contribution is 0.0634. The highest BCUT2D eigenvalue weighted by molar-refractivity contribution is 5.71. The number of carbonyl (C=O) groups excluding carboxylic acids is 2. The number of rotatable bonds is 17. The highest BCUT2D eigenvalue weighted by atomic mass is 16.5. The summed E-state index contributed by atoms with van der Waals surface area (Å²) >= 11 is 0. The number of urea groups is 1. The Balaban J connectivity index is 2.52. The SMILES string of the molecule is CCCCCCCCC(CCCCCC)COC(=O)NC1CC(C)(C)CC(C)(CNC(N)=O)C1. The van der Waals surface area contributed by atoms with Crippen LogP contribution in [0.5, 0.6) is 0 Å². The van der Waals surface area contributed by atoms with Crippen LogP contribution >= 0.6 is 0 Å². The molecule has 0 spiro atoms. The van der Waals surface area contributed by atoms with E-state index in [2.05, 4.69) is 45.3 Å². The lowest BCUT2D eigenvalue weighted by Crippen LogP contribution is -2.51. The largest absolute Gasteiger partial charge is 0.449 e. The Hall–Kier alpha value is -1.46. The van der Waals surface area contributed by atoms with Crippen LogP contribution in [0, 0.1) is 16.7 Å².